The summed E-state index contributed by atoms with van der Waals surface area (Å²) in [4.78, 5) is 2.57. The molecule has 0 aromatic carbocycles. The Hall–Kier alpha value is -0.120. The zero-order valence-corrected chi connectivity index (χ0v) is 8.30. The first kappa shape index (κ1) is 9.44. The van der Waals surface area contributed by atoms with Gasteiger partial charge in [0.2, 0.25) is 0 Å². The second kappa shape index (κ2) is 4.94. The van der Waals surface area contributed by atoms with Crippen molar-refractivity contribution in [2.75, 3.05) is 39.4 Å². The van der Waals surface area contributed by atoms with Gasteiger partial charge in [0.15, 0.2) is 0 Å². The average molecular weight is 184 g/mol. The van der Waals surface area contributed by atoms with Crippen LogP contribution in [0.15, 0.2) is 0 Å². The van der Waals surface area contributed by atoms with Gasteiger partial charge in [0, 0.05) is 0 Å². The molecule has 0 saturated carbocycles. The molecule has 2 aliphatic rings. The molecular formula is C10H20N2O. The maximum atomic E-state index is 5.09. The minimum Gasteiger partial charge on any atom is -0.378 e. The van der Waals surface area contributed by atoms with Crippen LogP contribution in [0.3, 0.4) is 0 Å². The van der Waals surface area contributed by atoms with Crippen LogP contribution in [0.25, 0.3) is 0 Å². The molecule has 0 unspecified atom stereocenters. The molecular weight excluding hydrogens is 164 g/mol. The van der Waals surface area contributed by atoms with E-state index < -0.39 is 0 Å². The van der Waals surface area contributed by atoms with Gasteiger partial charge in [0.05, 0.1) is 19.3 Å². The maximum absolute atomic E-state index is 5.09. The first-order valence-corrected chi connectivity index (χ1v) is 5.48. The first-order chi connectivity index (χ1) is 6.45. The van der Waals surface area contributed by atoms with Crippen LogP contribution in [0.2, 0.25) is 0 Å². The third-order valence-corrected chi connectivity index (χ3v) is 2.92. The molecule has 0 aromatic heterocycles. The van der Waals surface area contributed by atoms with E-state index in [0.717, 1.165) is 19.8 Å². The van der Waals surface area contributed by atoms with E-state index in [0.29, 0.717) is 6.04 Å². The summed E-state index contributed by atoms with van der Waals surface area (Å²) >= 11 is 0. The van der Waals surface area contributed by atoms with E-state index in [1.807, 2.05) is 0 Å². The van der Waals surface area contributed by atoms with Crippen molar-refractivity contribution in [3.05, 3.63) is 0 Å². The fraction of sp³-hybridized carbons (Fsp3) is 1.00. The van der Waals surface area contributed by atoms with Crippen LogP contribution in [0.4, 0.5) is 0 Å². The molecule has 2 rings (SSSR count). The summed E-state index contributed by atoms with van der Waals surface area (Å²) in [7, 11) is 0. The number of nitrogens with zero attached hydrogens (tertiary/aromatic N) is 1. The molecule has 2 fully saturated rings. The minimum atomic E-state index is 0.651. The molecule has 0 spiro atoms. The second-order valence-corrected chi connectivity index (χ2v) is 4.09. The Morgan fingerprint density at radius 1 is 1.23 bits per heavy atom. The van der Waals surface area contributed by atoms with Crippen LogP contribution in [0.5, 0.6) is 0 Å². The highest BCUT2D eigenvalue weighted by Gasteiger charge is 2.17. The van der Waals surface area contributed by atoms with Gasteiger partial charge in [-0.25, -0.2) is 0 Å². The van der Waals surface area contributed by atoms with Crippen LogP contribution in [0, 0.1) is 0 Å². The van der Waals surface area contributed by atoms with E-state index in [-0.39, 0.29) is 0 Å². The number of likely N-dealkylation sites (tertiary alicyclic amines) is 1. The quantitative estimate of drug-likeness (QED) is 0.628. The lowest BCUT2D eigenvalue weighted by molar-refractivity contribution is -0.00510. The average Bonchev–Trinajstić information content (AvgIpc) is 2.53. The van der Waals surface area contributed by atoms with Crippen molar-refractivity contribution in [1.29, 1.82) is 0 Å². The molecule has 0 aliphatic carbocycles. The second-order valence-electron chi connectivity index (χ2n) is 4.09. The summed E-state index contributed by atoms with van der Waals surface area (Å²) in [6.45, 7) is 6.93. The maximum Gasteiger partial charge on any atom is 0.0643 e. The van der Waals surface area contributed by atoms with E-state index in [1.165, 1.54) is 38.9 Å². The van der Waals surface area contributed by atoms with Gasteiger partial charge < -0.3 is 15.0 Å². The fourth-order valence-electron chi connectivity index (χ4n) is 1.97. The van der Waals surface area contributed by atoms with E-state index in [1.54, 1.807) is 0 Å². The van der Waals surface area contributed by atoms with Gasteiger partial charge >= 0.3 is 0 Å². The number of ether oxygens (including phenoxy) is 1. The highest BCUT2D eigenvalue weighted by molar-refractivity contribution is 4.73. The van der Waals surface area contributed by atoms with Crippen molar-refractivity contribution >= 4 is 0 Å². The van der Waals surface area contributed by atoms with Crippen molar-refractivity contribution in [2.24, 2.45) is 0 Å². The van der Waals surface area contributed by atoms with Crippen molar-refractivity contribution in [1.82, 2.24) is 10.2 Å². The monoisotopic (exact) mass is 184 g/mol. The predicted molar refractivity (Wildman–Crippen MR) is 52.9 cm³/mol. The molecule has 0 amide bonds. The highest BCUT2D eigenvalue weighted by atomic mass is 16.5. The van der Waals surface area contributed by atoms with E-state index in [9.17, 15) is 0 Å². The summed E-state index contributed by atoms with van der Waals surface area (Å²) in [6.07, 6.45) is 4.10. The number of hydrogen-bond donors (Lipinski definition) is 1. The normalized spacial score (nSPS) is 24.9. The molecule has 2 aliphatic heterocycles. The summed E-state index contributed by atoms with van der Waals surface area (Å²) in [5.41, 5.74) is 0. The molecule has 3 heteroatoms. The lowest BCUT2D eigenvalue weighted by Gasteiger charge is -2.27. The standard InChI is InChI=1S/C10H20N2O/c1-2-6-12(5-1)7-3-4-11-10-8-13-9-10/h10-11H,1-9H2. The van der Waals surface area contributed by atoms with E-state index in [4.69, 9.17) is 4.74 Å². The Kier molecular flexibility index (Phi) is 3.58. The van der Waals surface area contributed by atoms with Crippen LogP contribution in [-0.4, -0.2) is 50.3 Å². The summed E-state index contributed by atoms with van der Waals surface area (Å²) in [5.74, 6) is 0. The number of nitrogens with one attached hydrogen (secondary N) is 1. The lowest BCUT2D eigenvalue weighted by Crippen LogP contribution is -2.46. The Bertz CT molecular complexity index is 142. The molecule has 2 heterocycles. The summed E-state index contributed by atoms with van der Waals surface area (Å²) in [6, 6.07) is 0.651. The van der Waals surface area contributed by atoms with Gasteiger partial charge in [-0.05, 0) is 45.4 Å². The van der Waals surface area contributed by atoms with Gasteiger partial charge in [-0.3, -0.25) is 0 Å². The Labute approximate surface area is 80.4 Å². The molecule has 0 atom stereocenters. The minimum absolute atomic E-state index is 0.651. The Balaban J connectivity index is 1.43. The van der Waals surface area contributed by atoms with Gasteiger partial charge in [-0.2, -0.15) is 0 Å². The molecule has 3 nitrogen and oxygen atoms in total. The fourth-order valence-corrected chi connectivity index (χ4v) is 1.97. The predicted octanol–water partition coefficient (Wildman–Crippen LogP) is 0.461. The van der Waals surface area contributed by atoms with Gasteiger partial charge in [0.25, 0.3) is 0 Å². The van der Waals surface area contributed by atoms with Gasteiger partial charge in [-0.1, -0.05) is 0 Å². The summed E-state index contributed by atoms with van der Waals surface area (Å²) < 4.78 is 5.09. The van der Waals surface area contributed by atoms with Crippen molar-refractivity contribution in [2.45, 2.75) is 25.3 Å². The summed E-state index contributed by atoms with van der Waals surface area (Å²) in [5, 5.41) is 3.49. The third kappa shape index (κ3) is 2.93. The van der Waals surface area contributed by atoms with Gasteiger partial charge in [0.1, 0.15) is 0 Å². The molecule has 1 N–H and O–H groups in total. The van der Waals surface area contributed by atoms with Crippen molar-refractivity contribution in [3.8, 4) is 0 Å². The topological polar surface area (TPSA) is 24.5 Å². The molecule has 13 heavy (non-hydrogen) atoms. The van der Waals surface area contributed by atoms with Crippen LogP contribution >= 0.6 is 0 Å². The Morgan fingerprint density at radius 3 is 2.62 bits per heavy atom. The largest absolute Gasteiger partial charge is 0.378 e. The number of hydrogen-bond acceptors (Lipinski definition) is 3. The molecule has 2 saturated heterocycles. The zero-order valence-electron chi connectivity index (χ0n) is 8.30. The lowest BCUT2D eigenvalue weighted by atomic mass is 10.2. The zero-order chi connectivity index (χ0) is 8.93. The van der Waals surface area contributed by atoms with Crippen molar-refractivity contribution < 1.29 is 4.74 Å². The van der Waals surface area contributed by atoms with Gasteiger partial charge in [-0.15, -0.1) is 0 Å². The molecule has 0 aromatic rings. The first-order valence-electron chi connectivity index (χ1n) is 5.48. The SMILES string of the molecule is C1CCN(CCCNC2COC2)C1. The highest BCUT2D eigenvalue weighted by Crippen LogP contribution is 2.07. The van der Waals surface area contributed by atoms with Crippen molar-refractivity contribution in [3.63, 3.8) is 0 Å². The third-order valence-electron chi connectivity index (χ3n) is 2.92. The Morgan fingerprint density at radius 2 is 2.00 bits per heavy atom. The molecule has 76 valence electrons. The molecule has 0 bridgehead atoms. The molecule has 0 radical (unpaired) electrons. The van der Waals surface area contributed by atoms with Crippen LogP contribution < -0.4 is 5.32 Å². The number of rotatable bonds is 5. The smallest absolute Gasteiger partial charge is 0.0643 e. The van der Waals surface area contributed by atoms with E-state index >= 15 is 0 Å². The van der Waals surface area contributed by atoms with E-state index in [2.05, 4.69) is 10.2 Å². The van der Waals surface area contributed by atoms with Crippen LogP contribution in [-0.2, 0) is 4.74 Å². The van der Waals surface area contributed by atoms with Crippen LogP contribution in [0.1, 0.15) is 19.3 Å².